The summed E-state index contributed by atoms with van der Waals surface area (Å²) in [7, 11) is 1.91. The van der Waals surface area contributed by atoms with Gasteiger partial charge in [0, 0.05) is 12.1 Å². The molecule has 0 aliphatic carbocycles. The average Bonchev–Trinajstić information content (AvgIpc) is 2.36. The van der Waals surface area contributed by atoms with Crippen LogP contribution in [0.4, 0.5) is 0 Å². The predicted molar refractivity (Wildman–Crippen MR) is 43.4 cm³/mol. The molecule has 3 heteroatoms. The van der Waals surface area contributed by atoms with Crippen LogP contribution >= 0.6 is 0 Å². The van der Waals surface area contributed by atoms with E-state index in [1.54, 1.807) is 6.26 Å². The fraction of sp³-hybridized carbons (Fsp3) is 0.625. The van der Waals surface area contributed by atoms with Crippen molar-refractivity contribution in [2.75, 3.05) is 7.05 Å². The van der Waals surface area contributed by atoms with Crippen LogP contribution in [0.5, 0.6) is 0 Å². The molecule has 1 aromatic rings. The van der Waals surface area contributed by atoms with Crippen molar-refractivity contribution in [3.63, 3.8) is 0 Å². The van der Waals surface area contributed by atoms with E-state index >= 15 is 0 Å². The largest absolute Gasteiger partial charge is 0.364 e. The molecule has 62 valence electrons. The predicted octanol–water partition coefficient (Wildman–Crippen LogP) is 1.52. The van der Waals surface area contributed by atoms with Gasteiger partial charge in [-0.15, -0.1) is 0 Å². The number of hydrogen-bond acceptors (Lipinski definition) is 3. The minimum Gasteiger partial charge on any atom is -0.364 e. The van der Waals surface area contributed by atoms with Crippen LogP contribution in [0.2, 0.25) is 0 Å². The summed E-state index contributed by atoms with van der Waals surface area (Å²) in [5, 5.41) is 6.98. The van der Waals surface area contributed by atoms with E-state index in [1.165, 1.54) is 0 Å². The van der Waals surface area contributed by atoms with Gasteiger partial charge in [0.15, 0.2) is 0 Å². The van der Waals surface area contributed by atoms with Crippen molar-refractivity contribution < 1.29 is 4.52 Å². The lowest BCUT2D eigenvalue weighted by Gasteiger charge is -2.01. The molecule has 0 fully saturated rings. The van der Waals surface area contributed by atoms with E-state index in [0.717, 1.165) is 17.8 Å². The van der Waals surface area contributed by atoms with Crippen LogP contribution in [0.25, 0.3) is 0 Å². The SMILES string of the molecule is CNCc1conc1C(C)C. The number of nitrogens with one attached hydrogen (secondary N) is 1. The Bertz CT molecular complexity index is 218. The Labute approximate surface area is 66.8 Å². The Morgan fingerprint density at radius 1 is 1.64 bits per heavy atom. The van der Waals surface area contributed by atoms with E-state index in [4.69, 9.17) is 4.52 Å². The second-order valence-corrected chi connectivity index (χ2v) is 2.91. The fourth-order valence-electron chi connectivity index (χ4n) is 1.06. The van der Waals surface area contributed by atoms with Gasteiger partial charge in [0.25, 0.3) is 0 Å². The van der Waals surface area contributed by atoms with E-state index in [9.17, 15) is 0 Å². The third-order valence-electron chi connectivity index (χ3n) is 1.59. The smallest absolute Gasteiger partial charge is 0.128 e. The van der Waals surface area contributed by atoms with Gasteiger partial charge >= 0.3 is 0 Å². The highest BCUT2D eigenvalue weighted by atomic mass is 16.5. The van der Waals surface area contributed by atoms with Gasteiger partial charge in [0.2, 0.25) is 0 Å². The summed E-state index contributed by atoms with van der Waals surface area (Å²) >= 11 is 0. The molecule has 0 amide bonds. The molecule has 1 heterocycles. The Balaban J connectivity index is 2.78. The second kappa shape index (κ2) is 3.53. The molecule has 3 nitrogen and oxygen atoms in total. The Morgan fingerprint density at radius 2 is 2.36 bits per heavy atom. The number of hydrogen-bond donors (Lipinski definition) is 1. The van der Waals surface area contributed by atoms with Crippen LogP contribution in [0.15, 0.2) is 10.8 Å². The van der Waals surface area contributed by atoms with Crippen molar-refractivity contribution in [1.82, 2.24) is 10.5 Å². The minimum absolute atomic E-state index is 0.442. The van der Waals surface area contributed by atoms with E-state index in [1.807, 2.05) is 7.05 Å². The molecule has 0 saturated heterocycles. The Hall–Kier alpha value is -0.830. The maximum absolute atomic E-state index is 4.87. The molecule has 0 aliphatic heterocycles. The van der Waals surface area contributed by atoms with Crippen molar-refractivity contribution in [1.29, 1.82) is 0 Å². The van der Waals surface area contributed by atoms with Crippen LogP contribution in [-0.4, -0.2) is 12.2 Å². The minimum atomic E-state index is 0.442. The molecule has 11 heavy (non-hydrogen) atoms. The molecular weight excluding hydrogens is 140 g/mol. The lowest BCUT2D eigenvalue weighted by atomic mass is 10.1. The van der Waals surface area contributed by atoms with Crippen LogP contribution in [0, 0.1) is 0 Å². The highest BCUT2D eigenvalue weighted by Crippen LogP contribution is 2.16. The summed E-state index contributed by atoms with van der Waals surface area (Å²) in [6, 6.07) is 0. The van der Waals surface area contributed by atoms with E-state index in [0.29, 0.717) is 5.92 Å². The standard InChI is InChI=1S/C8H14N2O/c1-6(2)8-7(4-9-3)5-11-10-8/h5-6,9H,4H2,1-3H3. The molecule has 0 radical (unpaired) electrons. The lowest BCUT2D eigenvalue weighted by molar-refractivity contribution is 0.408. The molecule has 0 unspecified atom stereocenters. The Morgan fingerprint density at radius 3 is 2.91 bits per heavy atom. The first-order chi connectivity index (χ1) is 5.25. The normalized spacial score (nSPS) is 10.9. The molecule has 1 aromatic heterocycles. The summed E-state index contributed by atoms with van der Waals surface area (Å²) in [6.45, 7) is 5.05. The van der Waals surface area contributed by atoms with Crippen molar-refractivity contribution in [3.8, 4) is 0 Å². The first-order valence-electron chi connectivity index (χ1n) is 3.83. The third-order valence-corrected chi connectivity index (χ3v) is 1.59. The van der Waals surface area contributed by atoms with Crippen LogP contribution < -0.4 is 5.32 Å². The molecule has 0 bridgehead atoms. The van der Waals surface area contributed by atoms with Crippen molar-refractivity contribution >= 4 is 0 Å². The molecular formula is C8H14N2O. The zero-order valence-corrected chi connectivity index (χ0v) is 7.22. The zero-order valence-electron chi connectivity index (χ0n) is 7.22. The molecule has 1 rings (SSSR count). The monoisotopic (exact) mass is 154 g/mol. The van der Waals surface area contributed by atoms with Gasteiger partial charge in [-0.2, -0.15) is 0 Å². The van der Waals surface area contributed by atoms with Crippen LogP contribution in [-0.2, 0) is 6.54 Å². The average molecular weight is 154 g/mol. The van der Waals surface area contributed by atoms with Crippen molar-refractivity contribution in [3.05, 3.63) is 17.5 Å². The number of nitrogens with zero attached hydrogens (tertiary/aromatic N) is 1. The van der Waals surface area contributed by atoms with E-state index < -0.39 is 0 Å². The Kier molecular flexibility index (Phi) is 2.65. The summed E-state index contributed by atoms with van der Waals surface area (Å²) in [5.41, 5.74) is 2.21. The number of aromatic nitrogens is 1. The van der Waals surface area contributed by atoms with Gasteiger partial charge < -0.3 is 9.84 Å². The molecule has 0 aromatic carbocycles. The molecule has 0 atom stereocenters. The van der Waals surface area contributed by atoms with Gasteiger partial charge in [-0.05, 0) is 13.0 Å². The highest BCUT2D eigenvalue weighted by Gasteiger charge is 2.09. The first-order valence-corrected chi connectivity index (χ1v) is 3.83. The van der Waals surface area contributed by atoms with Gasteiger partial charge in [-0.1, -0.05) is 19.0 Å². The van der Waals surface area contributed by atoms with Gasteiger partial charge in [-0.3, -0.25) is 0 Å². The fourth-order valence-corrected chi connectivity index (χ4v) is 1.06. The van der Waals surface area contributed by atoms with E-state index in [-0.39, 0.29) is 0 Å². The molecule has 0 saturated carbocycles. The lowest BCUT2D eigenvalue weighted by Crippen LogP contribution is -2.06. The van der Waals surface area contributed by atoms with Crippen molar-refractivity contribution in [2.45, 2.75) is 26.3 Å². The van der Waals surface area contributed by atoms with Crippen LogP contribution in [0.1, 0.15) is 31.0 Å². The summed E-state index contributed by atoms with van der Waals surface area (Å²) in [5.74, 6) is 0.442. The summed E-state index contributed by atoms with van der Waals surface area (Å²) < 4.78 is 4.87. The second-order valence-electron chi connectivity index (χ2n) is 2.91. The van der Waals surface area contributed by atoms with Crippen LogP contribution in [0.3, 0.4) is 0 Å². The quantitative estimate of drug-likeness (QED) is 0.717. The third kappa shape index (κ3) is 1.80. The molecule has 1 N–H and O–H groups in total. The maximum atomic E-state index is 4.87. The molecule has 0 spiro atoms. The summed E-state index contributed by atoms with van der Waals surface area (Å²) in [4.78, 5) is 0. The maximum Gasteiger partial charge on any atom is 0.128 e. The summed E-state index contributed by atoms with van der Waals surface area (Å²) in [6.07, 6.45) is 1.70. The topological polar surface area (TPSA) is 38.1 Å². The van der Waals surface area contributed by atoms with E-state index in [2.05, 4.69) is 24.3 Å². The molecule has 0 aliphatic rings. The highest BCUT2D eigenvalue weighted by molar-refractivity contribution is 5.17. The van der Waals surface area contributed by atoms with Gasteiger partial charge in [0.1, 0.15) is 6.26 Å². The van der Waals surface area contributed by atoms with Gasteiger partial charge in [0.05, 0.1) is 5.69 Å². The number of rotatable bonds is 3. The van der Waals surface area contributed by atoms with Crippen molar-refractivity contribution in [2.24, 2.45) is 0 Å². The zero-order chi connectivity index (χ0) is 8.27. The first kappa shape index (κ1) is 8.27. The van der Waals surface area contributed by atoms with Gasteiger partial charge in [-0.25, -0.2) is 0 Å².